The van der Waals surface area contributed by atoms with Crippen molar-refractivity contribution >= 4 is 5.91 Å². The minimum atomic E-state index is -0.355. The van der Waals surface area contributed by atoms with Gasteiger partial charge in [-0.25, -0.2) is 0 Å². The molecule has 1 saturated heterocycles. The number of piperazine rings is 1. The smallest absolute Gasteiger partial charge is 0.242 e. The molecule has 0 bridgehead atoms. The minimum absolute atomic E-state index is 0.0347. The SMILES string of the molecule is CC(C)CCN1CC(C)(C)N(C)C(=O)C1CO. The van der Waals surface area contributed by atoms with Crippen LogP contribution < -0.4 is 0 Å². The Morgan fingerprint density at radius 1 is 1.47 bits per heavy atom. The summed E-state index contributed by atoms with van der Waals surface area (Å²) >= 11 is 0. The maximum absolute atomic E-state index is 12.2. The molecule has 1 unspecified atom stereocenters. The van der Waals surface area contributed by atoms with Gasteiger partial charge in [0, 0.05) is 19.1 Å². The Morgan fingerprint density at radius 3 is 2.53 bits per heavy atom. The summed E-state index contributed by atoms with van der Waals surface area (Å²) in [5, 5.41) is 9.40. The van der Waals surface area contributed by atoms with Gasteiger partial charge < -0.3 is 10.0 Å². The molecular weight excluding hydrogens is 216 g/mol. The van der Waals surface area contributed by atoms with Crippen LogP contribution in [0.4, 0.5) is 0 Å². The first-order valence-electron chi connectivity index (χ1n) is 6.42. The van der Waals surface area contributed by atoms with Crippen LogP contribution in [0.2, 0.25) is 0 Å². The fourth-order valence-electron chi connectivity index (χ4n) is 2.24. The Balaban J connectivity index is 2.76. The zero-order valence-corrected chi connectivity index (χ0v) is 11.7. The van der Waals surface area contributed by atoms with Crippen molar-refractivity contribution < 1.29 is 9.90 Å². The van der Waals surface area contributed by atoms with Crippen LogP contribution in [-0.2, 0) is 4.79 Å². The molecule has 1 atom stereocenters. The van der Waals surface area contributed by atoms with Crippen LogP contribution >= 0.6 is 0 Å². The van der Waals surface area contributed by atoms with E-state index in [4.69, 9.17) is 0 Å². The first kappa shape index (κ1) is 14.5. The Bertz CT molecular complexity index is 277. The van der Waals surface area contributed by atoms with Gasteiger partial charge in [-0.3, -0.25) is 9.69 Å². The monoisotopic (exact) mass is 242 g/mol. The van der Waals surface area contributed by atoms with Gasteiger partial charge in [-0.15, -0.1) is 0 Å². The van der Waals surface area contributed by atoms with Gasteiger partial charge in [-0.1, -0.05) is 13.8 Å². The quantitative estimate of drug-likeness (QED) is 0.798. The number of carbonyl (C=O) groups is 1. The van der Waals surface area contributed by atoms with Gasteiger partial charge in [0.1, 0.15) is 6.04 Å². The van der Waals surface area contributed by atoms with Gasteiger partial charge in [0.15, 0.2) is 0 Å². The lowest BCUT2D eigenvalue weighted by atomic mass is 9.95. The van der Waals surface area contributed by atoms with E-state index in [1.54, 1.807) is 4.90 Å². The van der Waals surface area contributed by atoms with Gasteiger partial charge in [-0.05, 0) is 32.7 Å². The molecule has 0 aliphatic carbocycles. The van der Waals surface area contributed by atoms with E-state index < -0.39 is 0 Å². The molecule has 1 amide bonds. The number of aliphatic hydroxyl groups excluding tert-OH is 1. The molecule has 1 N–H and O–H groups in total. The highest BCUT2D eigenvalue weighted by atomic mass is 16.3. The molecule has 0 saturated carbocycles. The molecule has 1 rings (SSSR count). The molecule has 4 heteroatoms. The maximum atomic E-state index is 12.2. The number of amides is 1. The summed E-state index contributed by atoms with van der Waals surface area (Å²) in [7, 11) is 1.82. The fraction of sp³-hybridized carbons (Fsp3) is 0.923. The van der Waals surface area contributed by atoms with E-state index in [0.717, 1.165) is 19.5 Å². The largest absolute Gasteiger partial charge is 0.394 e. The number of hydrogen-bond acceptors (Lipinski definition) is 3. The summed E-state index contributed by atoms with van der Waals surface area (Å²) in [5.74, 6) is 0.653. The third-order valence-corrected chi connectivity index (χ3v) is 3.72. The molecule has 1 aliphatic rings. The minimum Gasteiger partial charge on any atom is -0.394 e. The topological polar surface area (TPSA) is 43.8 Å². The zero-order valence-electron chi connectivity index (χ0n) is 11.7. The Labute approximate surface area is 105 Å². The van der Waals surface area contributed by atoms with Crippen molar-refractivity contribution in [3.63, 3.8) is 0 Å². The number of carbonyl (C=O) groups excluding carboxylic acids is 1. The second-order valence-electron chi connectivity index (χ2n) is 6.06. The molecule has 1 heterocycles. The number of aliphatic hydroxyl groups is 1. The van der Waals surface area contributed by atoms with Crippen molar-refractivity contribution in [2.75, 3.05) is 26.7 Å². The Hall–Kier alpha value is -0.610. The summed E-state index contributed by atoms with van der Waals surface area (Å²) in [4.78, 5) is 16.0. The molecule has 0 aromatic rings. The van der Waals surface area contributed by atoms with E-state index in [0.29, 0.717) is 5.92 Å². The molecule has 17 heavy (non-hydrogen) atoms. The van der Waals surface area contributed by atoms with Crippen LogP contribution in [0.3, 0.4) is 0 Å². The highest BCUT2D eigenvalue weighted by Crippen LogP contribution is 2.24. The van der Waals surface area contributed by atoms with E-state index in [2.05, 4.69) is 32.6 Å². The average molecular weight is 242 g/mol. The highest BCUT2D eigenvalue weighted by Gasteiger charge is 2.42. The molecule has 4 nitrogen and oxygen atoms in total. The number of nitrogens with zero attached hydrogens (tertiary/aromatic N) is 2. The zero-order chi connectivity index (χ0) is 13.2. The van der Waals surface area contributed by atoms with Crippen molar-refractivity contribution in [2.45, 2.75) is 45.7 Å². The van der Waals surface area contributed by atoms with E-state index in [-0.39, 0.29) is 24.1 Å². The summed E-state index contributed by atoms with van der Waals surface area (Å²) < 4.78 is 0. The van der Waals surface area contributed by atoms with E-state index >= 15 is 0 Å². The Kier molecular flexibility index (Phi) is 4.55. The van der Waals surface area contributed by atoms with Crippen LogP contribution in [0.5, 0.6) is 0 Å². The summed E-state index contributed by atoms with van der Waals surface area (Å²) in [6.07, 6.45) is 1.06. The summed E-state index contributed by atoms with van der Waals surface area (Å²) in [6, 6.07) is -0.355. The normalized spacial score (nSPS) is 25.7. The molecule has 0 aromatic carbocycles. The number of likely N-dealkylation sites (N-methyl/N-ethyl adjacent to an activating group) is 1. The van der Waals surface area contributed by atoms with Crippen LogP contribution in [0, 0.1) is 5.92 Å². The predicted molar refractivity (Wildman–Crippen MR) is 68.8 cm³/mol. The van der Waals surface area contributed by atoms with Crippen LogP contribution in [0.25, 0.3) is 0 Å². The van der Waals surface area contributed by atoms with E-state index in [1.165, 1.54) is 0 Å². The number of hydrogen-bond donors (Lipinski definition) is 1. The molecule has 0 spiro atoms. The first-order chi connectivity index (χ1) is 7.79. The molecule has 0 aromatic heterocycles. The molecule has 1 fully saturated rings. The van der Waals surface area contributed by atoms with Crippen molar-refractivity contribution in [1.29, 1.82) is 0 Å². The highest BCUT2D eigenvalue weighted by molar-refractivity contribution is 5.83. The first-order valence-corrected chi connectivity index (χ1v) is 6.42. The number of rotatable bonds is 4. The maximum Gasteiger partial charge on any atom is 0.242 e. The predicted octanol–water partition coefficient (Wildman–Crippen LogP) is 0.946. The van der Waals surface area contributed by atoms with Gasteiger partial charge in [0.2, 0.25) is 5.91 Å². The van der Waals surface area contributed by atoms with Crippen LogP contribution in [0.15, 0.2) is 0 Å². The summed E-state index contributed by atoms with van der Waals surface area (Å²) in [5.41, 5.74) is -0.153. The lowest BCUT2D eigenvalue weighted by Gasteiger charge is -2.48. The standard InChI is InChI=1S/C13H26N2O2/c1-10(2)6-7-15-9-13(3,4)14(5)12(17)11(15)8-16/h10-11,16H,6-9H2,1-5H3. The van der Waals surface area contributed by atoms with Crippen molar-refractivity contribution in [2.24, 2.45) is 5.92 Å². The van der Waals surface area contributed by atoms with Crippen LogP contribution in [-0.4, -0.2) is 59.1 Å². The van der Waals surface area contributed by atoms with Crippen molar-refractivity contribution in [1.82, 2.24) is 9.80 Å². The molecule has 1 aliphatic heterocycles. The third-order valence-electron chi connectivity index (χ3n) is 3.72. The fourth-order valence-corrected chi connectivity index (χ4v) is 2.24. The van der Waals surface area contributed by atoms with Gasteiger partial charge in [-0.2, -0.15) is 0 Å². The third kappa shape index (κ3) is 3.19. The lowest BCUT2D eigenvalue weighted by Crippen LogP contribution is -2.66. The lowest BCUT2D eigenvalue weighted by molar-refractivity contribution is -0.151. The van der Waals surface area contributed by atoms with E-state index in [1.807, 2.05) is 7.05 Å². The summed E-state index contributed by atoms with van der Waals surface area (Å²) in [6.45, 7) is 10.1. The van der Waals surface area contributed by atoms with Crippen LogP contribution in [0.1, 0.15) is 34.1 Å². The van der Waals surface area contributed by atoms with Crippen molar-refractivity contribution in [3.8, 4) is 0 Å². The average Bonchev–Trinajstić information content (AvgIpc) is 2.23. The van der Waals surface area contributed by atoms with Crippen molar-refractivity contribution in [3.05, 3.63) is 0 Å². The molecule has 100 valence electrons. The molecule has 0 radical (unpaired) electrons. The van der Waals surface area contributed by atoms with E-state index in [9.17, 15) is 9.90 Å². The van der Waals surface area contributed by atoms with Gasteiger partial charge in [0.25, 0.3) is 0 Å². The van der Waals surface area contributed by atoms with Gasteiger partial charge in [0.05, 0.1) is 6.61 Å². The van der Waals surface area contributed by atoms with Gasteiger partial charge >= 0.3 is 0 Å². The molecular formula is C13H26N2O2. The second kappa shape index (κ2) is 5.36. The second-order valence-corrected chi connectivity index (χ2v) is 6.06. The Morgan fingerprint density at radius 2 is 2.06 bits per heavy atom.